The van der Waals surface area contributed by atoms with Crippen molar-refractivity contribution in [3.05, 3.63) is 46.5 Å². The molecule has 0 N–H and O–H groups in total. The molecule has 170 valence electrons. The van der Waals surface area contributed by atoms with Crippen LogP contribution < -0.4 is 4.90 Å². The number of nitrogens with zero attached hydrogens (tertiary/aromatic N) is 4. The summed E-state index contributed by atoms with van der Waals surface area (Å²) >= 11 is 0. The second-order valence-electron chi connectivity index (χ2n) is 9.67. The molecule has 2 aliphatic heterocycles. The van der Waals surface area contributed by atoms with Crippen LogP contribution in [0.1, 0.15) is 67.4 Å². The second kappa shape index (κ2) is 8.59. The number of piperazine rings is 1. The van der Waals surface area contributed by atoms with Gasteiger partial charge in [0.25, 0.3) is 5.91 Å². The second-order valence-corrected chi connectivity index (χ2v) is 9.67. The van der Waals surface area contributed by atoms with Gasteiger partial charge in [0.05, 0.1) is 35.6 Å². The quantitative estimate of drug-likeness (QED) is 0.722. The third kappa shape index (κ3) is 4.00. The highest BCUT2D eigenvalue weighted by molar-refractivity contribution is 5.94. The fraction of sp³-hybridized carbons (Fsp3) is 0.560. The summed E-state index contributed by atoms with van der Waals surface area (Å²) < 4.78 is 11.2. The van der Waals surface area contributed by atoms with Crippen molar-refractivity contribution in [1.29, 1.82) is 5.26 Å². The number of amides is 1. The van der Waals surface area contributed by atoms with E-state index in [9.17, 15) is 10.1 Å². The molecule has 2 aromatic rings. The normalized spacial score (nSPS) is 20.2. The molecule has 32 heavy (non-hydrogen) atoms. The van der Waals surface area contributed by atoms with Gasteiger partial charge in [-0.15, -0.1) is 0 Å². The van der Waals surface area contributed by atoms with Crippen LogP contribution in [0.15, 0.2) is 23.0 Å². The maximum Gasteiger partial charge on any atom is 0.257 e. The van der Waals surface area contributed by atoms with Crippen LogP contribution in [0.2, 0.25) is 0 Å². The van der Waals surface area contributed by atoms with Gasteiger partial charge in [0, 0.05) is 37.3 Å². The van der Waals surface area contributed by atoms with Crippen LogP contribution in [0, 0.1) is 17.2 Å². The van der Waals surface area contributed by atoms with Gasteiger partial charge in [-0.3, -0.25) is 4.79 Å². The number of carbonyl (C=O) groups is 1. The zero-order valence-corrected chi connectivity index (χ0v) is 19.6. The van der Waals surface area contributed by atoms with E-state index in [0.717, 1.165) is 29.1 Å². The zero-order chi connectivity index (χ0) is 23.0. The minimum absolute atomic E-state index is 0.0100. The average molecular weight is 437 g/mol. The largest absolute Gasteiger partial charge is 0.472 e. The lowest BCUT2D eigenvalue weighted by atomic mass is 9.87. The highest BCUT2D eigenvalue weighted by Crippen LogP contribution is 2.36. The van der Waals surface area contributed by atoms with Crippen molar-refractivity contribution < 1.29 is 13.9 Å². The lowest BCUT2D eigenvalue weighted by molar-refractivity contribution is -0.0407. The summed E-state index contributed by atoms with van der Waals surface area (Å²) in [5, 5.41) is 10.1. The maximum atomic E-state index is 13.1. The first-order valence-corrected chi connectivity index (χ1v) is 11.4. The van der Waals surface area contributed by atoms with Gasteiger partial charge in [-0.25, -0.2) is 4.98 Å². The number of hydrogen-bond donors (Lipinski definition) is 0. The first-order valence-electron chi connectivity index (χ1n) is 11.4. The summed E-state index contributed by atoms with van der Waals surface area (Å²) in [5.74, 6) is 1.00. The van der Waals surface area contributed by atoms with Crippen LogP contribution in [0.4, 0.5) is 5.82 Å². The Kier molecular flexibility index (Phi) is 6.00. The smallest absolute Gasteiger partial charge is 0.257 e. The van der Waals surface area contributed by atoms with Crippen molar-refractivity contribution in [3.63, 3.8) is 0 Å². The van der Waals surface area contributed by atoms with Gasteiger partial charge in [0.1, 0.15) is 18.2 Å². The van der Waals surface area contributed by atoms with Gasteiger partial charge in [-0.2, -0.15) is 5.26 Å². The van der Waals surface area contributed by atoms with E-state index < -0.39 is 0 Å². The Morgan fingerprint density at radius 1 is 1.34 bits per heavy atom. The van der Waals surface area contributed by atoms with Crippen LogP contribution in [-0.4, -0.2) is 47.1 Å². The molecule has 1 saturated heterocycles. The number of fused-ring (bicyclic) bond motifs is 1. The Labute approximate surface area is 190 Å². The van der Waals surface area contributed by atoms with Crippen LogP contribution in [0.5, 0.6) is 0 Å². The summed E-state index contributed by atoms with van der Waals surface area (Å²) in [4.78, 5) is 22.2. The van der Waals surface area contributed by atoms with Crippen molar-refractivity contribution >= 4 is 11.7 Å². The number of hydrogen-bond acceptors (Lipinski definition) is 6. The fourth-order valence-electron chi connectivity index (χ4n) is 4.84. The fourth-order valence-corrected chi connectivity index (χ4v) is 4.84. The predicted octanol–water partition coefficient (Wildman–Crippen LogP) is 3.95. The Morgan fingerprint density at radius 2 is 2.12 bits per heavy atom. The first kappa shape index (κ1) is 22.3. The van der Waals surface area contributed by atoms with Crippen molar-refractivity contribution in [2.75, 3.05) is 24.5 Å². The first-order chi connectivity index (χ1) is 15.3. The number of aryl methyl sites for hydroxylation is 1. The number of nitriles is 1. The molecule has 4 rings (SSSR count). The Balaban J connectivity index is 1.70. The molecule has 0 bridgehead atoms. The minimum atomic E-state index is -0.307. The number of aromatic nitrogens is 1. The summed E-state index contributed by atoms with van der Waals surface area (Å²) in [5.41, 5.74) is 4.07. The highest BCUT2D eigenvalue weighted by atomic mass is 16.5. The molecule has 0 radical (unpaired) electrons. The topological polar surface area (TPSA) is 82.6 Å². The van der Waals surface area contributed by atoms with Crippen LogP contribution in [-0.2, 0) is 24.2 Å². The SMILES string of the molecule is CCc1nc(N2CCN(C(=O)c3ccoc3)C(C(C)C)C2)c(C#N)c2c1COC(C)(C)C2. The standard InChI is InChI=1S/C25H32N4O3/c1-6-21-20-15-32-25(4,5)11-18(20)19(12-26)23(27-21)28-8-9-29(22(13-28)16(2)3)24(30)17-7-10-31-14-17/h7,10,14,16,22H,6,8-9,11,13,15H2,1-5H3. The monoisotopic (exact) mass is 436 g/mol. The molecule has 7 heteroatoms. The highest BCUT2D eigenvalue weighted by Gasteiger charge is 2.37. The molecule has 2 aromatic heterocycles. The van der Waals surface area contributed by atoms with Crippen LogP contribution in [0.3, 0.4) is 0 Å². The zero-order valence-electron chi connectivity index (χ0n) is 19.6. The van der Waals surface area contributed by atoms with Crippen LogP contribution >= 0.6 is 0 Å². The van der Waals surface area contributed by atoms with Crippen molar-refractivity contribution in [3.8, 4) is 6.07 Å². The lowest BCUT2D eigenvalue weighted by Gasteiger charge is -2.44. The molecule has 2 aliphatic rings. The Hall–Kier alpha value is -2.85. The van der Waals surface area contributed by atoms with E-state index in [1.165, 1.54) is 12.5 Å². The summed E-state index contributed by atoms with van der Waals surface area (Å²) in [6.07, 6.45) is 4.52. The molecule has 0 aromatic carbocycles. The molecule has 1 unspecified atom stereocenters. The molecule has 1 fully saturated rings. The third-order valence-electron chi connectivity index (χ3n) is 6.65. The van der Waals surface area contributed by atoms with E-state index in [2.05, 4.69) is 45.6 Å². The van der Waals surface area contributed by atoms with Gasteiger partial charge in [-0.05, 0) is 37.8 Å². The summed E-state index contributed by atoms with van der Waals surface area (Å²) in [7, 11) is 0. The Bertz CT molecular complexity index is 1040. The third-order valence-corrected chi connectivity index (χ3v) is 6.65. The van der Waals surface area contributed by atoms with E-state index in [1.54, 1.807) is 6.07 Å². The number of carbonyl (C=O) groups excluding carboxylic acids is 1. The minimum Gasteiger partial charge on any atom is -0.472 e. The number of pyridine rings is 1. The molecule has 7 nitrogen and oxygen atoms in total. The lowest BCUT2D eigenvalue weighted by Crippen LogP contribution is -2.57. The van der Waals surface area contributed by atoms with Crippen molar-refractivity contribution in [2.45, 2.75) is 65.7 Å². The van der Waals surface area contributed by atoms with Crippen LogP contribution in [0.25, 0.3) is 0 Å². The number of ether oxygens (including phenoxy) is 1. The molecular weight excluding hydrogens is 404 g/mol. The molecule has 0 aliphatic carbocycles. The molecule has 4 heterocycles. The molecular formula is C25H32N4O3. The van der Waals surface area contributed by atoms with E-state index >= 15 is 0 Å². The number of anilines is 1. The van der Waals surface area contributed by atoms with Gasteiger partial charge in [0.15, 0.2) is 0 Å². The number of rotatable bonds is 4. The van der Waals surface area contributed by atoms with E-state index in [1.807, 2.05) is 4.90 Å². The van der Waals surface area contributed by atoms with Gasteiger partial charge < -0.3 is 19.0 Å². The van der Waals surface area contributed by atoms with Gasteiger partial charge in [0.2, 0.25) is 0 Å². The maximum absolute atomic E-state index is 13.1. The molecule has 0 saturated carbocycles. The van der Waals surface area contributed by atoms with Crippen molar-refractivity contribution in [1.82, 2.24) is 9.88 Å². The van der Waals surface area contributed by atoms with E-state index in [0.29, 0.717) is 43.8 Å². The number of furan rings is 1. The van der Waals surface area contributed by atoms with E-state index in [4.69, 9.17) is 14.1 Å². The average Bonchev–Trinajstić information content (AvgIpc) is 3.31. The van der Waals surface area contributed by atoms with Gasteiger partial charge in [-0.1, -0.05) is 20.8 Å². The molecule has 1 amide bonds. The van der Waals surface area contributed by atoms with Gasteiger partial charge >= 0.3 is 0 Å². The predicted molar refractivity (Wildman–Crippen MR) is 121 cm³/mol. The van der Waals surface area contributed by atoms with E-state index in [-0.39, 0.29) is 23.5 Å². The van der Waals surface area contributed by atoms with Crippen molar-refractivity contribution in [2.24, 2.45) is 5.92 Å². The molecule has 0 spiro atoms. The summed E-state index contributed by atoms with van der Waals surface area (Å²) in [6, 6.07) is 4.18. The molecule has 1 atom stereocenters. The summed E-state index contributed by atoms with van der Waals surface area (Å²) in [6.45, 7) is 12.8. The Morgan fingerprint density at radius 3 is 2.75 bits per heavy atom.